The van der Waals surface area contributed by atoms with E-state index in [0.29, 0.717) is 11.3 Å². The molecule has 0 aliphatic heterocycles. The number of hydrogen-bond acceptors (Lipinski definition) is 2. The fraction of sp³-hybridized carbons (Fsp3) is 0.444. The molecular formula is C9H10ClF3N2. The normalized spacial score (nSPS) is 14.0. The summed E-state index contributed by atoms with van der Waals surface area (Å²) < 4.78 is 36.5. The van der Waals surface area contributed by atoms with E-state index < -0.39 is 12.2 Å². The zero-order valence-corrected chi connectivity index (χ0v) is 8.73. The summed E-state index contributed by atoms with van der Waals surface area (Å²) >= 11 is 5.61. The smallest absolute Gasteiger partial charge is 0.320 e. The maximum atomic E-state index is 12.2. The molecule has 2 N–H and O–H groups in total. The van der Waals surface area contributed by atoms with E-state index in [1.54, 1.807) is 6.92 Å². The second-order valence-corrected chi connectivity index (χ2v) is 3.68. The van der Waals surface area contributed by atoms with Crippen LogP contribution in [-0.2, 0) is 6.42 Å². The zero-order valence-electron chi connectivity index (χ0n) is 7.98. The van der Waals surface area contributed by atoms with Gasteiger partial charge in [-0.15, -0.1) is 0 Å². The van der Waals surface area contributed by atoms with Crippen molar-refractivity contribution in [3.05, 3.63) is 28.5 Å². The summed E-state index contributed by atoms with van der Waals surface area (Å²) in [5.41, 5.74) is 6.01. The lowest BCUT2D eigenvalue weighted by Crippen LogP contribution is -2.39. The first-order valence-corrected chi connectivity index (χ1v) is 4.62. The van der Waals surface area contributed by atoms with Crippen molar-refractivity contribution >= 4 is 11.6 Å². The standard InChI is InChI=1S/C9H10ClF3N2/c1-5-2-6(4-8(10)15-5)3-7(14)9(11,12)13/h2,4,7H,3,14H2,1H3. The van der Waals surface area contributed by atoms with Crippen molar-refractivity contribution in [1.29, 1.82) is 0 Å². The Morgan fingerprint density at radius 3 is 2.53 bits per heavy atom. The predicted octanol–water partition coefficient (Wildman–Crippen LogP) is 2.48. The Bertz CT molecular complexity index is 331. The number of hydrogen-bond donors (Lipinski definition) is 1. The largest absolute Gasteiger partial charge is 0.403 e. The Balaban J connectivity index is 2.81. The fourth-order valence-electron chi connectivity index (χ4n) is 1.18. The molecule has 15 heavy (non-hydrogen) atoms. The molecule has 0 aliphatic carbocycles. The van der Waals surface area contributed by atoms with Crippen molar-refractivity contribution in [2.45, 2.75) is 25.6 Å². The summed E-state index contributed by atoms with van der Waals surface area (Å²) in [7, 11) is 0. The van der Waals surface area contributed by atoms with Crippen LogP contribution in [0.1, 0.15) is 11.3 Å². The van der Waals surface area contributed by atoms with Crippen LogP contribution >= 0.6 is 11.6 Å². The lowest BCUT2D eigenvalue weighted by molar-refractivity contribution is -0.147. The molecule has 84 valence electrons. The van der Waals surface area contributed by atoms with E-state index in [-0.39, 0.29) is 11.6 Å². The summed E-state index contributed by atoms with van der Waals surface area (Å²) in [6.45, 7) is 1.66. The number of aryl methyl sites for hydroxylation is 1. The van der Waals surface area contributed by atoms with Crippen LogP contribution in [0.15, 0.2) is 12.1 Å². The minimum absolute atomic E-state index is 0.180. The minimum Gasteiger partial charge on any atom is -0.320 e. The molecule has 0 radical (unpaired) electrons. The van der Waals surface area contributed by atoms with E-state index in [2.05, 4.69) is 4.98 Å². The highest BCUT2D eigenvalue weighted by Crippen LogP contribution is 2.22. The van der Waals surface area contributed by atoms with Crippen LogP contribution in [0, 0.1) is 6.92 Å². The van der Waals surface area contributed by atoms with Crippen LogP contribution in [0.4, 0.5) is 13.2 Å². The van der Waals surface area contributed by atoms with Gasteiger partial charge in [0.15, 0.2) is 0 Å². The molecule has 0 aliphatic rings. The topological polar surface area (TPSA) is 38.9 Å². The molecule has 0 saturated carbocycles. The van der Waals surface area contributed by atoms with Gasteiger partial charge in [-0.05, 0) is 31.0 Å². The van der Waals surface area contributed by atoms with Gasteiger partial charge in [0.2, 0.25) is 0 Å². The molecule has 1 aromatic rings. The summed E-state index contributed by atoms with van der Waals surface area (Å²) in [5, 5.41) is 0.180. The average molecular weight is 239 g/mol. The van der Waals surface area contributed by atoms with Gasteiger partial charge < -0.3 is 5.73 Å². The SMILES string of the molecule is Cc1cc(CC(N)C(F)(F)F)cc(Cl)n1. The molecule has 0 bridgehead atoms. The molecule has 1 aromatic heterocycles. The third kappa shape index (κ3) is 3.68. The van der Waals surface area contributed by atoms with Crippen molar-refractivity contribution in [1.82, 2.24) is 4.98 Å². The lowest BCUT2D eigenvalue weighted by atomic mass is 10.1. The molecule has 0 spiro atoms. The van der Waals surface area contributed by atoms with E-state index in [9.17, 15) is 13.2 Å². The van der Waals surface area contributed by atoms with Gasteiger partial charge in [-0.1, -0.05) is 11.6 Å². The van der Waals surface area contributed by atoms with Gasteiger partial charge in [-0.25, -0.2) is 4.98 Å². The van der Waals surface area contributed by atoms with E-state index in [0.717, 1.165) is 0 Å². The van der Waals surface area contributed by atoms with Crippen LogP contribution in [0.3, 0.4) is 0 Å². The van der Waals surface area contributed by atoms with Gasteiger partial charge in [-0.3, -0.25) is 0 Å². The first-order valence-electron chi connectivity index (χ1n) is 4.24. The highest BCUT2D eigenvalue weighted by Gasteiger charge is 2.36. The fourth-order valence-corrected chi connectivity index (χ4v) is 1.46. The zero-order chi connectivity index (χ0) is 11.6. The number of aromatic nitrogens is 1. The number of alkyl halides is 3. The van der Waals surface area contributed by atoms with Gasteiger partial charge >= 0.3 is 6.18 Å². The van der Waals surface area contributed by atoms with E-state index in [1.165, 1.54) is 12.1 Å². The van der Waals surface area contributed by atoms with Gasteiger partial charge in [0, 0.05) is 5.69 Å². The molecule has 1 unspecified atom stereocenters. The summed E-state index contributed by atoms with van der Waals surface area (Å²) in [5.74, 6) is 0. The average Bonchev–Trinajstić information content (AvgIpc) is 1.99. The molecule has 1 heterocycles. The Kier molecular flexibility index (Phi) is 3.57. The molecular weight excluding hydrogens is 229 g/mol. The van der Waals surface area contributed by atoms with Crippen LogP contribution in [0.5, 0.6) is 0 Å². The number of pyridine rings is 1. The minimum atomic E-state index is -4.39. The highest BCUT2D eigenvalue weighted by atomic mass is 35.5. The van der Waals surface area contributed by atoms with Crippen molar-refractivity contribution in [3.63, 3.8) is 0 Å². The summed E-state index contributed by atoms with van der Waals surface area (Å²) in [4.78, 5) is 3.85. The third-order valence-electron chi connectivity index (χ3n) is 1.86. The predicted molar refractivity (Wildman–Crippen MR) is 51.7 cm³/mol. The highest BCUT2D eigenvalue weighted by molar-refractivity contribution is 6.29. The van der Waals surface area contributed by atoms with Crippen LogP contribution in [-0.4, -0.2) is 17.2 Å². The van der Waals surface area contributed by atoms with Crippen LogP contribution in [0.2, 0.25) is 5.15 Å². The molecule has 1 rings (SSSR count). The maximum absolute atomic E-state index is 12.2. The Labute approximate surface area is 90.3 Å². The molecule has 0 fully saturated rings. The van der Waals surface area contributed by atoms with Crippen LogP contribution < -0.4 is 5.73 Å². The Morgan fingerprint density at radius 2 is 2.07 bits per heavy atom. The van der Waals surface area contributed by atoms with Crippen molar-refractivity contribution in [2.24, 2.45) is 5.73 Å². The number of nitrogens with zero attached hydrogens (tertiary/aromatic N) is 1. The van der Waals surface area contributed by atoms with Gasteiger partial charge in [-0.2, -0.15) is 13.2 Å². The second-order valence-electron chi connectivity index (χ2n) is 3.29. The number of halogens is 4. The molecule has 0 amide bonds. The van der Waals surface area contributed by atoms with E-state index in [4.69, 9.17) is 17.3 Å². The number of nitrogens with two attached hydrogens (primary N) is 1. The number of rotatable bonds is 2. The molecule has 0 aromatic carbocycles. The Hall–Kier alpha value is -0.810. The molecule has 1 atom stereocenters. The van der Waals surface area contributed by atoms with Crippen molar-refractivity contribution in [3.8, 4) is 0 Å². The molecule has 0 saturated heterocycles. The van der Waals surface area contributed by atoms with Gasteiger partial charge in [0.25, 0.3) is 0 Å². The first-order chi connectivity index (χ1) is 6.79. The molecule has 2 nitrogen and oxygen atoms in total. The molecule has 6 heteroatoms. The van der Waals surface area contributed by atoms with Gasteiger partial charge in [0.1, 0.15) is 11.2 Å². The third-order valence-corrected chi connectivity index (χ3v) is 2.05. The summed E-state index contributed by atoms with van der Waals surface area (Å²) in [6.07, 6.45) is -4.67. The quantitative estimate of drug-likeness (QED) is 0.804. The maximum Gasteiger partial charge on any atom is 0.403 e. The second kappa shape index (κ2) is 4.37. The summed E-state index contributed by atoms with van der Waals surface area (Å²) in [6, 6.07) is 1.06. The van der Waals surface area contributed by atoms with Crippen molar-refractivity contribution < 1.29 is 13.2 Å². The first kappa shape index (κ1) is 12.3. The van der Waals surface area contributed by atoms with Crippen molar-refractivity contribution in [2.75, 3.05) is 0 Å². The van der Waals surface area contributed by atoms with Crippen LogP contribution in [0.25, 0.3) is 0 Å². The lowest BCUT2D eigenvalue weighted by Gasteiger charge is -2.15. The van der Waals surface area contributed by atoms with E-state index in [1.807, 2.05) is 0 Å². The Morgan fingerprint density at radius 1 is 1.47 bits per heavy atom. The van der Waals surface area contributed by atoms with Gasteiger partial charge in [0.05, 0.1) is 0 Å². The monoisotopic (exact) mass is 238 g/mol. The van der Waals surface area contributed by atoms with E-state index >= 15 is 0 Å².